The summed E-state index contributed by atoms with van der Waals surface area (Å²) in [6.45, 7) is 4.61. The molecule has 2 rings (SSSR count). The molecule has 1 aliphatic carbocycles. The lowest BCUT2D eigenvalue weighted by Crippen LogP contribution is -2.47. The molecule has 96 valence electrons. The molecule has 0 spiro atoms. The van der Waals surface area contributed by atoms with Crippen molar-refractivity contribution in [2.24, 2.45) is 11.8 Å². The first kappa shape index (κ1) is 12.6. The van der Waals surface area contributed by atoms with Crippen molar-refractivity contribution in [3.63, 3.8) is 0 Å². The summed E-state index contributed by atoms with van der Waals surface area (Å²) in [4.78, 5) is 10.5. The highest BCUT2D eigenvalue weighted by Gasteiger charge is 2.39. The Labute approximate surface area is 102 Å². The van der Waals surface area contributed by atoms with E-state index in [1.54, 1.807) is 6.08 Å². The van der Waals surface area contributed by atoms with Crippen LogP contribution in [-0.4, -0.2) is 29.6 Å². The van der Waals surface area contributed by atoms with Crippen LogP contribution in [0, 0.1) is 11.8 Å². The Balaban J connectivity index is 1.91. The summed E-state index contributed by atoms with van der Waals surface area (Å²) in [6.07, 6.45) is 6.28. The second-order valence-corrected chi connectivity index (χ2v) is 5.40. The number of hydrogen-bond donors (Lipinski definition) is 1. The number of rotatable bonds is 2. The van der Waals surface area contributed by atoms with E-state index in [9.17, 15) is 4.79 Å². The Morgan fingerprint density at radius 3 is 2.88 bits per heavy atom. The van der Waals surface area contributed by atoms with Gasteiger partial charge in [0.25, 0.3) is 0 Å². The summed E-state index contributed by atoms with van der Waals surface area (Å²) in [5.74, 6) is -0.587. The zero-order valence-corrected chi connectivity index (χ0v) is 10.4. The first-order valence-electron chi connectivity index (χ1n) is 6.19. The number of carbonyl (C=O) groups is 1. The van der Waals surface area contributed by atoms with Crippen molar-refractivity contribution in [2.45, 2.75) is 45.0 Å². The van der Waals surface area contributed by atoms with Crippen molar-refractivity contribution in [3.8, 4) is 0 Å². The lowest BCUT2D eigenvalue weighted by atomic mass is 9.79. The van der Waals surface area contributed by atoms with Gasteiger partial charge in [0.05, 0.1) is 12.7 Å². The maximum absolute atomic E-state index is 10.5. The van der Waals surface area contributed by atoms with Gasteiger partial charge in [-0.15, -0.1) is 0 Å². The van der Waals surface area contributed by atoms with Crippen molar-refractivity contribution in [1.82, 2.24) is 0 Å². The molecule has 0 radical (unpaired) electrons. The Morgan fingerprint density at radius 1 is 1.41 bits per heavy atom. The Hall–Kier alpha value is -0.870. The quantitative estimate of drug-likeness (QED) is 0.752. The molecule has 1 aliphatic heterocycles. The fraction of sp³-hybridized carbons (Fsp3) is 0.769. The van der Waals surface area contributed by atoms with Crippen LogP contribution in [-0.2, 0) is 14.3 Å². The van der Waals surface area contributed by atoms with Gasteiger partial charge in [0.1, 0.15) is 0 Å². The molecule has 0 aromatic carbocycles. The van der Waals surface area contributed by atoms with E-state index < -0.39 is 11.8 Å². The lowest BCUT2D eigenvalue weighted by molar-refractivity contribution is -0.299. The molecule has 4 nitrogen and oxygen atoms in total. The molecule has 3 atom stereocenters. The summed E-state index contributed by atoms with van der Waals surface area (Å²) in [7, 11) is 0. The molecule has 17 heavy (non-hydrogen) atoms. The van der Waals surface area contributed by atoms with Gasteiger partial charge in [-0.3, -0.25) is 0 Å². The highest BCUT2D eigenvalue weighted by molar-refractivity contribution is 5.79. The van der Waals surface area contributed by atoms with Gasteiger partial charge in [0.15, 0.2) is 5.79 Å². The van der Waals surface area contributed by atoms with E-state index in [0.29, 0.717) is 11.8 Å². The third-order valence-electron chi connectivity index (χ3n) is 3.54. The normalized spacial score (nSPS) is 36.7. The van der Waals surface area contributed by atoms with Crippen molar-refractivity contribution in [1.29, 1.82) is 0 Å². The maximum atomic E-state index is 10.5. The lowest BCUT2D eigenvalue weighted by Gasteiger charge is -2.44. The predicted molar refractivity (Wildman–Crippen MR) is 62.5 cm³/mol. The molecule has 4 heteroatoms. The van der Waals surface area contributed by atoms with Gasteiger partial charge < -0.3 is 14.6 Å². The number of aliphatic carboxylic acids is 1. The molecule has 1 saturated carbocycles. The zero-order valence-electron chi connectivity index (χ0n) is 10.4. The molecule has 1 heterocycles. The van der Waals surface area contributed by atoms with Gasteiger partial charge in [-0.25, -0.2) is 4.79 Å². The molecule has 0 aromatic heterocycles. The van der Waals surface area contributed by atoms with Crippen LogP contribution in [0.5, 0.6) is 0 Å². The molecule has 2 fully saturated rings. The second kappa shape index (κ2) is 4.78. The fourth-order valence-electron chi connectivity index (χ4n) is 2.70. The largest absolute Gasteiger partial charge is 0.478 e. The van der Waals surface area contributed by atoms with Crippen LogP contribution in [0.4, 0.5) is 0 Å². The first-order chi connectivity index (χ1) is 7.96. The van der Waals surface area contributed by atoms with Gasteiger partial charge in [-0.2, -0.15) is 0 Å². The Bertz CT molecular complexity index is 321. The van der Waals surface area contributed by atoms with Gasteiger partial charge in [-0.1, -0.05) is 6.08 Å². The van der Waals surface area contributed by atoms with Crippen molar-refractivity contribution in [2.75, 3.05) is 6.61 Å². The fourth-order valence-corrected chi connectivity index (χ4v) is 2.70. The molecular weight excluding hydrogens is 220 g/mol. The average Bonchev–Trinajstić information content (AvgIpc) is 2.25. The summed E-state index contributed by atoms with van der Waals surface area (Å²) in [6, 6.07) is 0. The first-order valence-corrected chi connectivity index (χ1v) is 6.19. The SMILES string of the molecule is CC1(C)OCC2CC(/C=C/C(=O)O)CCC2O1. The van der Waals surface area contributed by atoms with E-state index in [1.165, 1.54) is 6.08 Å². The highest BCUT2D eigenvalue weighted by Crippen LogP contribution is 2.38. The maximum Gasteiger partial charge on any atom is 0.327 e. The number of fused-ring (bicyclic) bond motifs is 1. The summed E-state index contributed by atoms with van der Waals surface area (Å²) in [5, 5.41) is 8.61. The van der Waals surface area contributed by atoms with Gasteiger partial charge in [0, 0.05) is 12.0 Å². The summed E-state index contributed by atoms with van der Waals surface area (Å²) < 4.78 is 11.5. The second-order valence-electron chi connectivity index (χ2n) is 5.40. The molecule has 2 aliphatic rings. The summed E-state index contributed by atoms with van der Waals surface area (Å²) in [5.41, 5.74) is 0. The number of carboxylic acids is 1. The van der Waals surface area contributed by atoms with Crippen LogP contribution < -0.4 is 0 Å². The third-order valence-corrected chi connectivity index (χ3v) is 3.54. The van der Waals surface area contributed by atoms with E-state index in [-0.39, 0.29) is 6.10 Å². The highest BCUT2D eigenvalue weighted by atomic mass is 16.7. The minimum absolute atomic E-state index is 0.272. The van der Waals surface area contributed by atoms with E-state index in [4.69, 9.17) is 14.6 Å². The molecule has 0 amide bonds. The van der Waals surface area contributed by atoms with E-state index in [2.05, 4.69) is 0 Å². The molecule has 1 saturated heterocycles. The minimum atomic E-state index is -0.871. The van der Waals surface area contributed by atoms with Crippen molar-refractivity contribution >= 4 is 5.97 Å². The third kappa shape index (κ3) is 3.30. The number of hydrogen-bond acceptors (Lipinski definition) is 3. The standard InChI is InChI=1S/C13H20O4/c1-13(2)16-8-10-7-9(4-6-12(14)15)3-5-11(10)17-13/h4,6,9-11H,3,5,7-8H2,1-2H3,(H,14,15)/b6-4+. The van der Waals surface area contributed by atoms with Gasteiger partial charge in [-0.05, 0) is 39.0 Å². The van der Waals surface area contributed by atoms with E-state index in [1.807, 2.05) is 13.8 Å². The van der Waals surface area contributed by atoms with Crippen LogP contribution in [0.1, 0.15) is 33.1 Å². The predicted octanol–water partition coefficient (Wildman–Crippen LogP) is 2.20. The number of ether oxygens (including phenoxy) is 2. The number of allylic oxidation sites excluding steroid dienone is 1. The minimum Gasteiger partial charge on any atom is -0.478 e. The van der Waals surface area contributed by atoms with Crippen molar-refractivity contribution < 1.29 is 19.4 Å². The average molecular weight is 240 g/mol. The molecule has 1 N–H and O–H groups in total. The number of carboxylic acid groups (broad SMARTS) is 1. The Kier molecular flexibility index (Phi) is 3.54. The van der Waals surface area contributed by atoms with Crippen LogP contribution in [0.15, 0.2) is 12.2 Å². The van der Waals surface area contributed by atoms with Crippen molar-refractivity contribution in [3.05, 3.63) is 12.2 Å². The van der Waals surface area contributed by atoms with E-state index >= 15 is 0 Å². The van der Waals surface area contributed by atoms with Gasteiger partial charge >= 0.3 is 5.97 Å². The molecular formula is C13H20O4. The van der Waals surface area contributed by atoms with Crippen LogP contribution in [0.2, 0.25) is 0 Å². The summed E-state index contributed by atoms with van der Waals surface area (Å²) >= 11 is 0. The molecule has 3 unspecified atom stereocenters. The van der Waals surface area contributed by atoms with Crippen LogP contribution in [0.3, 0.4) is 0 Å². The zero-order chi connectivity index (χ0) is 12.5. The smallest absolute Gasteiger partial charge is 0.327 e. The van der Waals surface area contributed by atoms with Gasteiger partial charge in [0.2, 0.25) is 0 Å². The van der Waals surface area contributed by atoms with E-state index in [0.717, 1.165) is 25.9 Å². The monoisotopic (exact) mass is 240 g/mol. The molecule has 0 bridgehead atoms. The Morgan fingerprint density at radius 2 is 2.18 bits per heavy atom. The molecule has 0 aromatic rings. The van der Waals surface area contributed by atoms with Crippen LogP contribution in [0.25, 0.3) is 0 Å². The van der Waals surface area contributed by atoms with Crippen LogP contribution >= 0.6 is 0 Å². The topological polar surface area (TPSA) is 55.8 Å².